The van der Waals surface area contributed by atoms with Crippen LogP contribution in [-0.4, -0.2) is 19.9 Å². The van der Waals surface area contributed by atoms with E-state index >= 15 is 0 Å². The largest absolute Gasteiger partial charge is 0.466 e. The van der Waals surface area contributed by atoms with Gasteiger partial charge in [0.05, 0.1) is 5.02 Å². The highest BCUT2D eigenvalue weighted by molar-refractivity contribution is 6.32. The number of carbonyl (C=O) groups is 1. The summed E-state index contributed by atoms with van der Waals surface area (Å²) in [5.74, 6) is 0.183. The number of benzene rings is 1. The molecule has 0 aliphatic heterocycles. The lowest BCUT2D eigenvalue weighted by atomic mass is 10.2. The third-order valence-corrected chi connectivity index (χ3v) is 2.08. The molecular formula is C11H13ClO4. The Balaban J connectivity index is 2.68. The molecule has 0 saturated heterocycles. The van der Waals surface area contributed by atoms with Crippen LogP contribution in [0.25, 0.3) is 0 Å². The second-order valence-corrected chi connectivity index (χ2v) is 3.50. The molecule has 1 rings (SSSR count). The number of methoxy groups -OCH3 is 1. The van der Waals surface area contributed by atoms with E-state index in [9.17, 15) is 4.79 Å². The van der Waals surface area contributed by atoms with Crippen molar-refractivity contribution in [2.24, 2.45) is 0 Å². The Morgan fingerprint density at radius 1 is 1.44 bits per heavy atom. The van der Waals surface area contributed by atoms with Gasteiger partial charge in [-0.1, -0.05) is 17.7 Å². The molecule has 0 aliphatic carbocycles. The van der Waals surface area contributed by atoms with Crippen molar-refractivity contribution in [2.75, 3.05) is 13.9 Å². The van der Waals surface area contributed by atoms with Gasteiger partial charge < -0.3 is 14.2 Å². The van der Waals surface area contributed by atoms with Crippen molar-refractivity contribution < 1.29 is 19.0 Å². The summed E-state index contributed by atoms with van der Waals surface area (Å²) in [6, 6.07) is 5.17. The second-order valence-electron chi connectivity index (χ2n) is 3.10. The Bertz CT molecular complexity index is 365. The molecule has 4 nitrogen and oxygen atoms in total. The van der Waals surface area contributed by atoms with E-state index in [0.29, 0.717) is 10.8 Å². The van der Waals surface area contributed by atoms with Crippen molar-refractivity contribution in [3.05, 3.63) is 28.8 Å². The van der Waals surface area contributed by atoms with Crippen LogP contribution in [0.15, 0.2) is 18.2 Å². The Hall–Kier alpha value is -1.26. The summed E-state index contributed by atoms with van der Waals surface area (Å²) in [6.45, 7) is 1.69. The minimum Gasteiger partial charge on any atom is -0.466 e. The fraction of sp³-hybridized carbons (Fsp3) is 0.364. The smallest absolute Gasteiger partial charge is 0.302 e. The molecule has 0 saturated carbocycles. The monoisotopic (exact) mass is 244 g/mol. The maximum absolute atomic E-state index is 10.6. The van der Waals surface area contributed by atoms with Gasteiger partial charge in [0.2, 0.25) is 0 Å². The number of carbonyl (C=O) groups excluding carboxylic acids is 1. The minimum absolute atomic E-state index is 0.122. The van der Waals surface area contributed by atoms with E-state index in [-0.39, 0.29) is 19.4 Å². The van der Waals surface area contributed by atoms with Gasteiger partial charge in [-0.3, -0.25) is 4.79 Å². The molecule has 0 N–H and O–H groups in total. The SMILES string of the molecule is COCOc1cc(COC(C)=O)ccc1Cl. The maximum Gasteiger partial charge on any atom is 0.302 e. The first-order chi connectivity index (χ1) is 7.63. The number of rotatable bonds is 5. The van der Waals surface area contributed by atoms with Crippen molar-refractivity contribution in [2.45, 2.75) is 13.5 Å². The molecule has 0 aliphatic rings. The van der Waals surface area contributed by atoms with Gasteiger partial charge in [0, 0.05) is 14.0 Å². The van der Waals surface area contributed by atoms with Crippen molar-refractivity contribution in [3.63, 3.8) is 0 Å². The molecule has 0 atom stereocenters. The van der Waals surface area contributed by atoms with E-state index in [2.05, 4.69) is 0 Å². The minimum atomic E-state index is -0.325. The van der Waals surface area contributed by atoms with Gasteiger partial charge in [0.15, 0.2) is 6.79 Å². The molecule has 0 unspecified atom stereocenters. The number of hydrogen-bond donors (Lipinski definition) is 0. The Morgan fingerprint density at radius 3 is 2.81 bits per heavy atom. The molecule has 0 aromatic heterocycles. The number of halogens is 1. The summed E-state index contributed by atoms with van der Waals surface area (Å²) in [7, 11) is 1.52. The Morgan fingerprint density at radius 2 is 2.19 bits per heavy atom. The average Bonchev–Trinajstić information content (AvgIpc) is 2.26. The third-order valence-electron chi connectivity index (χ3n) is 1.77. The van der Waals surface area contributed by atoms with Crippen LogP contribution in [0.5, 0.6) is 5.75 Å². The van der Waals surface area contributed by atoms with Gasteiger partial charge in [-0.15, -0.1) is 0 Å². The van der Waals surface area contributed by atoms with Crippen molar-refractivity contribution in [1.29, 1.82) is 0 Å². The van der Waals surface area contributed by atoms with Crippen LogP contribution in [0.4, 0.5) is 0 Å². The zero-order chi connectivity index (χ0) is 12.0. The topological polar surface area (TPSA) is 44.8 Å². The molecule has 0 heterocycles. The normalized spacial score (nSPS) is 9.94. The molecule has 16 heavy (non-hydrogen) atoms. The summed E-state index contributed by atoms with van der Waals surface area (Å²) in [5, 5.41) is 0.489. The summed E-state index contributed by atoms with van der Waals surface area (Å²) in [4.78, 5) is 10.6. The zero-order valence-corrected chi connectivity index (χ0v) is 9.91. The lowest BCUT2D eigenvalue weighted by Gasteiger charge is -2.09. The molecule has 1 aromatic rings. The quantitative estimate of drug-likeness (QED) is 0.589. The van der Waals surface area contributed by atoms with Gasteiger partial charge in [-0.2, -0.15) is 0 Å². The summed E-state index contributed by atoms with van der Waals surface area (Å²) < 4.78 is 14.9. The van der Waals surface area contributed by atoms with Gasteiger partial charge in [0.1, 0.15) is 12.4 Å². The highest BCUT2D eigenvalue weighted by Crippen LogP contribution is 2.25. The van der Waals surface area contributed by atoms with Crippen LogP contribution in [0.3, 0.4) is 0 Å². The molecule has 0 spiro atoms. The molecule has 5 heteroatoms. The van der Waals surface area contributed by atoms with Crippen molar-refractivity contribution in [3.8, 4) is 5.75 Å². The van der Waals surface area contributed by atoms with E-state index in [1.54, 1.807) is 18.2 Å². The number of esters is 1. The van der Waals surface area contributed by atoms with Crippen LogP contribution >= 0.6 is 11.6 Å². The first kappa shape index (κ1) is 12.8. The molecular weight excluding hydrogens is 232 g/mol. The fourth-order valence-electron chi connectivity index (χ4n) is 1.06. The van der Waals surface area contributed by atoms with Crippen molar-refractivity contribution >= 4 is 17.6 Å². The van der Waals surface area contributed by atoms with Crippen LogP contribution in [-0.2, 0) is 20.9 Å². The van der Waals surface area contributed by atoms with E-state index in [1.165, 1.54) is 14.0 Å². The Kier molecular flexibility index (Phi) is 5.08. The van der Waals surface area contributed by atoms with Gasteiger partial charge in [-0.25, -0.2) is 0 Å². The lowest BCUT2D eigenvalue weighted by molar-refractivity contribution is -0.142. The van der Waals surface area contributed by atoms with Crippen LogP contribution in [0, 0.1) is 0 Å². The molecule has 0 radical (unpaired) electrons. The highest BCUT2D eigenvalue weighted by Gasteiger charge is 2.04. The second kappa shape index (κ2) is 6.35. The van der Waals surface area contributed by atoms with E-state index < -0.39 is 0 Å². The molecule has 0 bridgehead atoms. The van der Waals surface area contributed by atoms with Gasteiger partial charge in [0.25, 0.3) is 0 Å². The van der Waals surface area contributed by atoms with Crippen molar-refractivity contribution in [1.82, 2.24) is 0 Å². The van der Waals surface area contributed by atoms with Crippen LogP contribution in [0.2, 0.25) is 5.02 Å². The standard InChI is InChI=1S/C11H13ClO4/c1-8(13)15-6-9-3-4-10(12)11(5-9)16-7-14-2/h3-5H,6-7H2,1-2H3. The average molecular weight is 245 g/mol. The number of hydrogen-bond acceptors (Lipinski definition) is 4. The fourth-order valence-corrected chi connectivity index (χ4v) is 1.23. The maximum atomic E-state index is 10.6. The molecule has 88 valence electrons. The first-order valence-corrected chi connectivity index (χ1v) is 5.05. The predicted octanol–water partition coefficient (Wildman–Crippen LogP) is 2.39. The predicted molar refractivity (Wildman–Crippen MR) is 59.4 cm³/mol. The Labute approximate surface area is 99.1 Å². The summed E-state index contributed by atoms with van der Waals surface area (Å²) in [6.07, 6.45) is 0. The number of ether oxygens (including phenoxy) is 3. The third kappa shape index (κ3) is 4.08. The summed E-state index contributed by atoms with van der Waals surface area (Å²) >= 11 is 5.91. The first-order valence-electron chi connectivity index (χ1n) is 4.67. The van der Waals surface area contributed by atoms with Crippen LogP contribution < -0.4 is 4.74 Å². The molecule has 1 aromatic carbocycles. The van der Waals surface area contributed by atoms with E-state index in [0.717, 1.165) is 5.56 Å². The summed E-state index contributed by atoms with van der Waals surface area (Å²) in [5.41, 5.74) is 0.811. The zero-order valence-electron chi connectivity index (χ0n) is 9.16. The van der Waals surface area contributed by atoms with Crippen LogP contribution in [0.1, 0.15) is 12.5 Å². The molecule has 0 fully saturated rings. The lowest BCUT2D eigenvalue weighted by Crippen LogP contribution is -2.02. The van der Waals surface area contributed by atoms with E-state index in [4.69, 9.17) is 25.8 Å². The highest BCUT2D eigenvalue weighted by atomic mass is 35.5. The van der Waals surface area contributed by atoms with E-state index in [1.807, 2.05) is 0 Å². The molecule has 0 amide bonds. The van der Waals surface area contributed by atoms with Gasteiger partial charge in [-0.05, 0) is 17.7 Å². The van der Waals surface area contributed by atoms with Gasteiger partial charge >= 0.3 is 5.97 Å².